The summed E-state index contributed by atoms with van der Waals surface area (Å²) in [5, 5.41) is 2.91. The van der Waals surface area contributed by atoms with Gasteiger partial charge in [-0.05, 0) is 36.8 Å². The van der Waals surface area contributed by atoms with Gasteiger partial charge < -0.3 is 5.32 Å². The highest BCUT2D eigenvalue weighted by atomic mass is 79.9. The Hall–Kier alpha value is -2.53. The van der Waals surface area contributed by atoms with Crippen molar-refractivity contribution in [2.24, 2.45) is 0 Å². The molecule has 0 spiro atoms. The molecule has 3 nitrogen and oxygen atoms in total. The molecular formula is C20H16BrFN2O. The SMILES string of the molecule is Cc1ccc(C(=O)NC(c2ccccc2)c2ccc(Br)cc2F)cn1. The van der Waals surface area contributed by atoms with Gasteiger partial charge in [0, 0.05) is 21.9 Å². The van der Waals surface area contributed by atoms with E-state index in [4.69, 9.17) is 0 Å². The lowest BCUT2D eigenvalue weighted by Crippen LogP contribution is -2.30. The number of halogens is 2. The Morgan fingerprint density at radius 1 is 1.12 bits per heavy atom. The second-order valence-electron chi connectivity index (χ2n) is 5.67. The summed E-state index contributed by atoms with van der Waals surface area (Å²) in [6.07, 6.45) is 1.52. The number of aryl methyl sites for hydroxylation is 1. The molecule has 1 aromatic heterocycles. The summed E-state index contributed by atoms with van der Waals surface area (Å²) < 4.78 is 15.1. The first kappa shape index (κ1) is 17.3. The van der Waals surface area contributed by atoms with Crippen LogP contribution in [0.4, 0.5) is 4.39 Å². The molecule has 0 saturated heterocycles. The lowest BCUT2D eigenvalue weighted by molar-refractivity contribution is 0.0942. The zero-order chi connectivity index (χ0) is 17.8. The summed E-state index contributed by atoms with van der Waals surface area (Å²) in [6.45, 7) is 1.85. The highest BCUT2D eigenvalue weighted by Crippen LogP contribution is 2.27. The molecule has 25 heavy (non-hydrogen) atoms. The van der Waals surface area contributed by atoms with E-state index in [1.807, 2.05) is 37.3 Å². The lowest BCUT2D eigenvalue weighted by Gasteiger charge is -2.20. The van der Waals surface area contributed by atoms with E-state index < -0.39 is 6.04 Å². The number of hydrogen-bond acceptors (Lipinski definition) is 2. The quantitative estimate of drug-likeness (QED) is 0.684. The minimum atomic E-state index is -0.594. The van der Waals surface area contributed by atoms with Gasteiger partial charge in [0.05, 0.1) is 11.6 Å². The fraction of sp³-hybridized carbons (Fsp3) is 0.100. The van der Waals surface area contributed by atoms with E-state index in [-0.39, 0.29) is 11.7 Å². The first-order valence-corrected chi connectivity index (χ1v) is 8.57. The van der Waals surface area contributed by atoms with Crippen molar-refractivity contribution in [3.05, 3.63) is 99.5 Å². The molecule has 1 unspecified atom stereocenters. The second-order valence-corrected chi connectivity index (χ2v) is 6.59. The van der Waals surface area contributed by atoms with Crippen molar-refractivity contribution in [1.29, 1.82) is 0 Å². The second kappa shape index (κ2) is 7.57. The molecule has 0 fully saturated rings. The molecule has 3 rings (SSSR count). The van der Waals surface area contributed by atoms with E-state index >= 15 is 0 Å². The van der Waals surface area contributed by atoms with Gasteiger partial charge in [-0.15, -0.1) is 0 Å². The van der Waals surface area contributed by atoms with Crippen molar-refractivity contribution in [3.63, 3.8) is 0 Å². The van der Waals surface area contributed by atoms with E-state index in [9.17, 15) is 9.18 Å². The topological polar surface area (TPSA) is 42.0 Å². The Morgan fingerprint density at radius 2 is 1.88 bits per heavy atom. The van der Waals surface area contributed by atoms with Crippen molar-refractivity contribution >= 4 is 21.8 Å². The van der Waals surface area contributed by atoms with Crippen LogP contribution in [-0.4, -0.2) is 10.9 Å². The molecule has 1 heterocycles. The van der Waals surface area contributed by atoms with E-state index in [2.05, 4.69) is 26.2 Å². The minimum Gasteiger partial charge on any atom is -0.341 e. The summed E-state index contributed by atoms with van der Waals surface area (Å²) in [6, 6.07) is 17.0. The largest absolute Gasteiger partial charge is 0.341 e. The Morgan fingerprint density at radius 3 is 2.52 bits per heavy atom. The van der Waals surface area contributed by atoms with E-state index in [0.717, 1.165) is 11.3 Å². The van der Waals surface area contributed by atoms with E-state index in [0.29, 0.717) is 15.6 Å². The van der Waals surface area contributed by atoms with Crippen LogP contribution in [0.2, 0.25) is 0 Å². The Bertz CT molecular complexity index is 882. The van der Waals surface area contributed by atoms with Crippen LogP contribution in [0.1, 0.15) is 33.2 Å². The highest BCUT2D eigenvalue weighted by molar-refractivity contribution is 9.10. The van der Waals surface area contributed by atoms with Gasteiger partial charge >= 0.3 is 0 Å². The molecular weight excluding hydrogens is 383 g/mol. The number of aromatic nitrogens is 1. The number of hydrogen-bond donors (Lipinski definition) is 1. The number of amides is 1. The zero-order valence-corrected chi connectivity index (χ0v) is 15.1. The number of nitrogens with zero attached hydrogens (tertiary/aromatic N) is 1. The molecule has 0 radical (unpaired) electrons. The van der Waals surface area contributed by atoms with Gasteiger partial charge in [0.1, 0.15) is 5.82 Å². The molecule has 0 aliphatic heterocycles. The third-order valence-electron chi connectivity index (χ3n) is 3.86. The first-order chi connectivity index (χ1) is 12.0. The summed E-state index contributed by atoms with van der Waals surface area (Å²) >= 11 is 3.26. The molecule has 1 atom stereocenters. The van der Waals surface area contributed by atoms with Crippen LogP contribution in [0.25, 0.3) is 0 Å². The molecule has 3 aromatic rings. The third kappa shape index (κ3) is 4.12. The summed E-state index contributed by atoms with van der Waals surface area (Å²) in [5.74, 6) is -0.686. The number of carbonyl (C=O) groups excluding carboxylic acids is 1. The van der Waals surface area contributed by atoms with Crippen molar-refractivity contribution in [2.45, 2.75) is 13.0 Å². The Balaban J connectivity index is 1.97. The monoisotopic (exact) mass is 398 g/mol. The number of rotatable bonds is 4. The van der Waals surface area contributed by atoms with Gasteiger partial charge in [-0.3, -0.25) is 9.78 Å². The maximum absolute atomic E-state index is 14.5. The van der Waals surface area contributed by atoms with Crippen LogP contribution in [0.5, 0.6) is 0 Å². The highest BCUT2D eigenvalue weighted by Gasteiger charge is 2.21. The molecule has 0 saturated carbocycles. The number of benzene rings is 2. The van der Waals surface area contributed by atoms with Gasteiger partial charge in [0.25, 0.3) is 5.91 Å². The molecule has 5 heteroatoms. The average Bonchev–Trinajstić information content (AvgIpc) is 2.61. The predicted octanol–water partition coefficient (Wildman–Crippen LogP) is 4.81. The smallest absolute Gasteiger partial charge is 0.253 e. The molecule has 0 bridgehead atoms. The molecule has 1 amide bonds. The molecule has 0 aliphatic carbocycles. The standard InChI is InChI=1S/C20H16BrFN2O/c1-13-7-8-15(12-23-13)20(25)24-19(14-5-3-2-4-6-14)17-10-9-16(21)11-18(17)22/h2-12,19H,1H3,(H,24,25). The van der Waals surface area contributed by atoms with Crippen LogP contribution in [0.15, 0.2) is 71.3 Å². The van der Waals surface area contributed by atoms with Gasteiger partial charge in [0.15, 0.2) is 0 Å². The van der Waals surface area contributed by atoms with Crippen molar-refractivity contribution < 1.29 is 9.18 Å². The fourth-order valence-electron chi connectivity index (χ4n) is 2.54. The summed E-state index contributed by atoms with van der Waals surface area (Å²) in [4.78, 5) is 16.7. The van der Waals surface area contributed by atoms with Gasteiger partial charge in [-0.1, -0.05) is 52.3 Å². The maximum Gasteiger partial charge on any atom is 0.253 e. The van der Waals surface area contributed by atoms with E-state index in [1.54, 1.807) is 24.3 Å². The Kier molecular flexibility index (Phi) is 5.24. The van der Waals surface area contributed by atoms with Crippen molar-refractivity contribution in [3.8, 4) is 0 Å². The fourth-order valence-corrected chi connectivity index (χ4v) is 2.87. The molecule has 1 N–H and O–H groups in total. The zero-order valence-electron chi connectivity index (χ0n) is 13.5. The normalized spacial score (nSPS) is 11.8. The Labute approximate surface area is 154 Å². The third-order valence-corrected chi connectivity index (χ3v) is 4.35. The molecule has 2 aromatic carbocycles. The van der Waals surface area contributed by atoms with E-state index in [1.165, 1.54) is 12.3 Å². The van der Waals surface area contributed by atoms with Gasteiger partial charge in [0.2, 0.25) is 0 Å². The van der Waals surface area contributed by atoms with Crippen LogP contribution < -0.4 is 5.32 Å². The summed E-state index contributed by atoms with van der Waals surface area (Å²) in [7, 11) is 0. The number of nitrogens with one attached hydrogen (secondary N) is 1. The van der Waals surface area contributed by atoms with Crippen LogP contribution in [-0.2, 0) is 0 Å². The predicted molar refractivity (Wildman–Crippen MR) is 98.8 cm³/mol. The van der Waals surface area contributed by atoms with Gasteiger partial charge in [-0.25, -0.2) is 4.39 Å². The maximum atomic E-state index is 14.5. The van der Waals surface area contributed by atoms with Gasteiger partial charge in [-0.2, -0.15) is 0 Å². The first-order valence-electron chi connectivity index (χ1n) is 7.78. The van der Waals surface area contributed by atoms with Crippen LogP contribution >= 0.6 is 15.9 Å². The summed E-state index contributed by atoms with van der Waals surface area (Å²) in [5.41, 5.74) is 2.47. The number of carbonyl (C=O) groups is 1. The average molecular weight is 399 g/mol. The molecule has 126 valence electrons. The van der Waals surface area contributed by atoms with Crippen LogP contribution in [0.3, 0.4) is 0 Å². The lowest BCUT2D eigenvalue weighted by atomic mass is 9.98. The number of pyridine rings is 1. The minimum absolute atomic E-state index is 0.302. The molecule has 0 aliphatic rings. The van der Waals surface area contributed by atoms with Crippen molar-refractivity contribution in [2.75, 3.05) is 0 Å². The van der Waals surface area contributed by atoms with Crippen LogP contribution in [0, 0.1) is 12.7 Å². The van der Waals surface area contributed by atoms with Crippen molar-refractivity contribution in [1.82, 2.24) is 10.3 Å².